The van der Waals surface area contributed by atoms with Gasteiger partial charge in [0.2, 0.25) is 0 Å². The van der Waals surface area contributed by atoms with Crippen molar-refractivity contribution in [1.29, 1.82) is 0 Å². The fraction of sp³-hybridized carbons (Fsp3) is 0.190. The van der Waals surface area contributed by atoms with E-state index < -0.39 is 0 Å². The molecule has 140 valence electrons. The fourth-order valence-corrected chi connectivity index (χ4v) is 3.61. The van der Waals surface area contributed by atoms with Crippen LogP contribution >= 0.6 is 0 Å². The van der Waals surface area contributed by atoms with Crippen molar-refractivity contribution < 1.29 is 8.83 Å². The molecule has 4 heterocycles. The van der Waals surface area contributed by atoms with Crippen LogP contribution in [0.25, 0.3) is 22.6 Å². The molecular formula is C21H18N4O3. The van der Waals surface area contributed by atoms with Crippen molar-refractivity contribution in [3.8, 4) is 11.6 Å². The molecule has 2 N–H and O–H groups in total. The summed E-state index contributed by atoms with van der Waals surface area (Å²) >= 11 is 0. The standard InChI is InChI=1S/C21H18N4O3/c22-20-15(19(26)14-4-1-2-5-17(14)28-20)12-25-8-7-16-13(11-25)10-23-21(24-16)18-6-3-9-27-18/h1-6,9-10H,7-8,11-12,22H2. The number of furan rings is 1. The molecular weight excluding hydrogens is 356 g/mol. The molecule has 4 aromatic rings. The maximum absolute atomic E-state index is 12.8. The van der Waals surface area contributed by atoms with Crippen LogP contribution in [0, 0.1) is 0 Å². The quantitative estimate of drug-likeness (QED) is 0.588. The molecule has 1 aromatic carbocycles. The van der Waals surface area contributed by atoms with Crippen molar-refractivity contribution in [2.24, 2.45) is 0 Å². The number of hydrogen-bond donors (Lipinski definition) is 1. The van der Waals surface area contributed by atoms with Gasteiger partial charge in [-0.05, 0) is 24.3 Å². The predicted molar refractivity (Wildman–Crippen MR) is 104 cm³/mol. The van der Waals surface area contributed by atoms with Gasteiger partial charge in [0, 0.05) is 37.8 Å². The number of nitrogens with two attached hydrogens (primary N) is 1. The molecule has 1 aliphatic heterocycles. The second-order valence-corrected chi connectivity index (χ2v) is 6.87. The zero-order chi connectivity index (χ0) is 19.1. The highest BCUT2D eigenvalue weighted by Crippen LogP contribution is 2.24. The number of hydrogen-bond acceptors (Lipinski definition) is 7. The van der Waals surface area contributed by atoms with Gasteiger partial charge >= 0.3 is 0 Å². The zero-order valence-corrected chi connectivity index (χ0v) is 15.1. The first-order chi connectivity index (χ1) is 13.7. The van der Waals surface area contributed by atoms with Crippen LogP contribution in [0.3, 0.4) is 0 Å². The van der Waals surface area contributed by atoms with E-state index in [4.69, 9.17) is 14.6 Å². The van der Waals surface area contributed by atoms with Crippen molar-refractivity contribution in [3.05, 3.63) is 75.9 Å². The Balaban J connectivity index is 1.42. The van der Waals surface area contributed by atoms with Gasteiger partial charge in [-0.2, -0.15) is 0 Å². The second-order valence-electron chi connectivity index (χ2n) is 6.87. The van der Waals surface area contributed by atoms with E-state index in [2.05, 4.69) is 14.9 Å². The van der Waals surface area contributed by atoms with Gasteiger partial charge in [0.25, 0.3) is 0 Å². The highest BCUT2D eigenvalue weighted by atomic mass is 16.3. The number of aromatic nitrogens is 2. The van der Waals surface area contributed by atoms with Crippen LogP contribution in [0.4, 0.5) is 5.88 Å². The van der Waals surface area contributed by atoms with Crippen LogP contribution < -0.4 is 11.2 Å². The first-order valence-corrected chi connectivity index (χ1v) is 9.10. The molecule has 0 spiro atoms. The third kappa shape index (κ3) is 2.86. The van der Waals surface area contributed by atoms with Crippen molar-refractivity contribution >= 4 is 16.9 Å². The van der Waals surface area contributed by atoms with Crippen LogP contribution in [0.15, 0.2) is 62.5 Å². The van der Waals surface area contributed by atoms with E-state index in [-0.39, 0.29) is 11.3 Å². The molecule has 0 radical (unpaired) electrons. The molecule has 0 fully saturated rings. The summed E-state index contributed by atoms with van der Waals surface area (Å²) in [6.45, 7) is 1.85. The predicted octanol–water partition coefficient (Wildman–Crippen LogP) is 2.98. The van der Waals surface area contributed by atoms with Gasteiger partial charge in [-0.1, -0.05) is 12.1 Å². The summed E-state index contributed by atoms with van der Waals surface area (Å²) in [5.74, 6) is 1.43. The summed E-state index contributed by atoms with van der Waals surface area (Å²) in [7, 11) is 0. The van der Waals surface area contributed by atoms with Crippen LogP contribution in [-0.2, 0) is 19.5 Å². The van der Waals surface area contributed by atoms with E-state index >= 15 is 0 Å². The molecule has 28 heavy (non-hydrogen) atoms. The Bertz CT molecular complexity index is 1210. The molecule has 0 bridgehead atoms. The van der Waals surface area contributed by atoms with E-state index in [0.717, 1.165) is 24.2 Å². The molecule has 0 atom stereocenters. The minimum absolute atomic E-state index is 0.0745. The maximum Gasteiger partial charge on any atom is 0.199 e. The topological polar surface area (TPSA) is 98.4 Å². The molecule has 0 unspecified atom stereocenters. The van der Waals surface area contributed by atoms with Crippen LogP contribution in [-0.4, -0.2) is 21.4 Å². The average molecular weight is 374 g/mol. The highest BCUT2D eigenvalue weighted by Gasteiger charge is 2.22. The smallest absolute Gasteiger partial charge is 0.199 e. The Morgan fingerprint density at radius 2 is 2.07 bits per heavy atom. The van der Waals surface area contributed by atoms with Gasteiger partial charge in [-0.3, -0.25) is 9.69 Å². The Kier molecular flexibility index (Phi) is 3.95. The molecule has 7 nitrogen and oxygen atoms in total. The number of para-hydroxylation sites is 1. The largest absolute Gasteiger partial charge is 0.461 e. The van der Waals surface area contributed by atoms with Crippen LogP contribution in [0.2, 0.25) is 0 Å². The Hall–Kier alpha value is -3.45. The van der Waals surface area contributed by atoms with E-state index in [1.54, 1.807) is 18.4 Å². The zero-order valence-electron chi connectivity index (χ0n) is 15.1. The third-order valence-electron chi connectivity index (χ3n) is 5.06. The maximum atomic E-state index is 12.8. The van der Waals surface area contributed by atoms with Crippen molar-refractivity contribution in [2.45, 2.75) is 19.5 Å². The van der Waals surface area contributed by atoms with E-state index in [1.807, 2.05) is 30.5 Å². The van der Waals surface area contributed by atoms with Crippen molar-refractivity contribution in [3.63, 3.8) is 0 Å². The van der Waals surface area contributed by atoms with Gasteiger partial charge in [0.1, 0.15) is 5.58 Å². The molecule has 3 aromatic heterocycles. The third-order valence-corrected chi connectivity index (χ3v) is 5.06. The summed E-state index contributed by atoms with van der Waals surface area (Å²) in [6.07, 6.45) is 4.21. The number of fused-ring (bicyclic) bond motifs is 2. The van der Waals surface area contributed by atoms with Gasteiger partial charge in [0.15, 0.2) is 22.9 Å². The monoisotopic (exact) mass is 374 g/mol. The fourth-order valence-electron chi connectivity index (χ4n) is 3.61. The first-order valence-electron chi connectivity index (χ1n) is 9.10. The summed E-state index contributed by atoms with van der Waals surface area (Å²) in [5.41, 5.74) is 9.03. The number of benzene rings is 1. The van der Waals surface area contributed by atoms with E-state index in [1.165, 1.54) is 0 Å². The van der Waals surface area contributed by atoms with E-state index in [9.17, 15) is 4.79 Å². The Labute approximate surface area is 160 Å². The summed E-state index contributed by atoms with van der Waals surface area (Å²) < 4.78 is 11.0. The molecule has 0 aliphatic carbocycles. The van der Waals surface area contributed by atoms with Gasteiger partial charge in [-0.25, -0.2) is 9.97 Å². The summed E-state index contributed by atoms with van der Waals surface area (Å²) in [4.78, 5) is 24.1. The normalized spacial score (nSPS) is 14.3. The lowest BCUT2D eigenvalue weighted by molar-refractivity contribution is 0.241. The summed E-state index contributed by atoms with van der Waals surface area (Å²) in [5, 5.41) is 0.551. The van der Waals surface area contributed by atoms with Crippen LogP contribution in [0.1, 0.15) is 16.8 Å². The van der Waals surface area contributed by atoms with Crippen molar-refractivity contribution in [1.82, 2.24) is 14.9 Å². The summed E-state index contributed by atoms with van der Waals surface area (Å²) in [6, 6.07) is 10.8. The molecule has 5 rings (SSSR count). The van der Waals surface area contributed by atoms with Crippen molar-refractivity contribution in [2.75, 3.05) is 12.3 Å². The number of anilines is 1. The molecule has 7 heteroatoms. The molecule has 0 amide bonds. The molecule has 1 aliphatic rings. The van der Waals surface area contributed by atoms with Gasteiger partial charge in [-0.15, -0.1) is 0 Å². The highest BCUT2D eigenvalue weighted by molar-refractivity contribution is 5.78. The number of rotatable bonds is 3. The second kappa shape index (κ2) is 6.61. The molecule has 0 saturated heterocycles. The number of nitrogen functional groups attached to an aromatic ring is 1. The minimum Gasteiger partial charge on any atom is -0.461 e. The molecule has 0 saturated carbocycles. The Morgan fingerprint density at radius 3 is 2.93 bits per heavy atom. The Morgan fingerprint density at radius 1 is 1.18 bits per heavy atom. The SMILES string of the molecule is Nc1oc2ccccc2c(=O)c1CN1CCc2nc(-c3ccco3)ncc2C1. The average Bonchev–Trinajstić information content (AvgIpc) is 3.25. The lowest BCUT2D eigenvalue weighted by atomic mass is 10.1. The van der Waals surface area contributed by atoms with E-state index in [0.29, 0.717) is 41.2 Å². The van der Waals surface area contributed by atoms with Gasteiger partial charge in [0.05, 0.1) is 22.9 Å². The lowest BCUT2D eigenvalue weighted by Gasteiger charge is -2.27. The number of nitrogens with zero attached hydrogens (tertiary/aromatic N) is 3. The lowest BCUT2D eigenvalue weighted by Crippen LogP contribution is -2.33. The van der Waals surface area contributed by atoms with Crippen LogP contribution in [0.5, 0.6) is 0 Å². The first kappa shape index (κ1) is 16.7. The minimum atomic E-state index is -0.0745. The van der Waals surface area contributed by atoms with Gasteiger partial charge < -0.3 is 14.6 Å².